The van der Waals surface area contributed by atoms with Crippen molar-refractivity contribution in [2.45, 2.75) is 32.6 Å². The van der Waals surface area contributed by atoms with Crippen molar-refractivity contribution in [3.8, 4) is 0 Å². The molecule has 0 saturated heterocycles. The number of pyridine rings is 1. The number of nitrogens with zero attached hydrogens (tertiary/aromatic N) is 1. The van der Waals surface area contributed by atoms with Gasteiger partial charge in [-0.1, -0.05) is 19.8 Å². The van der Waals surface area contributed by atoms with Crippen LogP contribution in [-0.2, 0) is 0 Å². The Labute approximate surface area is 96.3 Å². The van der Waals surface area contributed by atoms with Crippen LogP contribution in [0, 0.1) is 17.7 Å². The molecule has 1 heterocycles. The van der Waals surface area contributed by atoms with Crippen LogP contribution in [0.1, 0.15) is 32.6 Å². The van der Waals surface area contributed by atoms with Crippen molar-refractivity contribution in [1.29, 1.82) is 0 Å². The molecule has 1 N–H and O–H groups in total. The molecule has 0 radical (unpaired) electrons. The van der Waals surface area contributed by atoms with E-state index in [1.54, 1.807) is 12.3 Å². The lowest BCUT2D eigenvalue weighted by Gasteiger charge is -2.26. The molecule has 0 spiro atoms. The zero-order valence-electron chi connectivity index (χ0n) is 9.75. The average Bonchev–Trinajstić information content (AvgIpc) is 2.28. The molecule has 0 aliphatic heterocycles. The Balaban J connectivity index is 1.85. The minimum absolute atomic E-state index is 0.258. The van der Waals surface area contributed by atoms with E-state index in [9.17, 15) is 4.39 Å². The highest BCUT2D eigenvalue weighted by molar-refractivity contribution is 5.35. The molecule has 1 fully saturated rings. The topological polar surface area (TPSA) is 24.9 Å². The predicted octanol–water partition coefficient (Wildman–Crippen LogP) is 3.46. The van der Waals surface area contributed by atoms with Gasteiger partial charge in [-0.15, -0.1) is 0 Å². The third-order valence-electron chi connectivity index (χ3n) is 3.36. The fourth-order valence-corrected chi connectivity index (χ4v) is 2.50. The van der Waals surface area contributed by atoms with E-state index >= 15 is 0 Å². The minimum atomic E-state index is -0.258. The van der Waals surface area contributed by atoms with E-state index < -0.39 is 0 Å². The Bertz CT molecular complexity index is 340. The van der Waals surface area contributed by atoms with Gasteiger partial charge in [-0.25, -0.2) is 9.37 Å². The Morgan fingerprint density at radius 3 is 3.12 bits per heavy atom. The van der Waals surface area contributed by atoms with Crippen LogP contribution in [0.3, 0.4) is 0 Å². The van der Waals surface area contributed by atoms with Gasteiger partial charge in [-0.2, -0.15) is 0 Å². The second kappa shape index (κ2) is 5.28. The summed E-state index contributed by atoms with van der Waals surface area (Å²) in [7, 11) is 0. The second-order valence-electron chi connectivity index (χ2n) is 4.85. The van der Waals surface area contributed by atoms with Crippen molar-refractivity contribution in [2.75, 3.05) is 11.9 Å². The van der Waals surface area contributed by atoms with Crippen LogP contribution in [0.15, 0.2) is 18.3 Å². The lowest BCUT2D eigenvalue weighted by Crippen LogP contribution is -2.21. The van der Waals surface area contributed by atoms with Gasteiger partial charge in [-0.3, -0.25) is 0 Å². The van der Waals surface area contributed by atoms with Crippen LogP contribution in [0.25, 0.3) is 0 Å². The maximum atomic E-state index is 13.3. The maximum absolute atomic E-state index is 13.3. The van der Waals surface area contributed by atoms with Gasteiger partial charge in [0.15, 0.2) is 11.6 Å². The third kappa shape index (κ3) is 2.94. The van der Waals surface area contributed by atoms with Gasteiger partial charge in [0.2, 0.25) is 0 Å². The van der Waals surface area contributed by atoms with E-state index in [4.69, 9.17) is 0 Å². The second-order valence-corrected chi connectivity index (χ2v) is 4.85. The van der Waals surface area contributed by atoms with Gasteiger partial charge >= 0.3 is 0 Å². The summed E-state index contributed by atoms with van der Waals surface area (Å²) in [5.74, 6) is 1.62. The normalized spacial score (nSPS) is 25.4. The molecule has 1 aliphatic rings. The molecule has 0 amide bonds. The first kappa shape index (κ1) is 11.4. The van der Waals surface area contributed by atoms with Gasteiger partial charge in [0.1, 0.15) is 0 Å². The molecule has 0 aromatic carbocycles. The van der Waals surface area contributed by atoms with Crippen LogP contribution in [0.4, 0.5) is 10.2 Å². The van der Waals surface area contributed by atoms with Crippen LogP contribution < -0.4 is 5.32 Å². The highest BCUT2D eigenvalue weighted by atomic mass is 19.1. The third-order valence-corrected chi connectivity index (χ3v) is 3.36. The molecule has 1 aliphatic carbocycles. The van der Waals surface area contributed by atoms with Crippen molar-refractivity contribution < 1.29 is 4.39 Å². The molecule has 3 heteroatoms. The molecular weight excluding hydrogens is 203 g/mol. The summed E-state index contributed by atoms with van der Waals surface area (Å²) in [6.07, 6.45) is 6.77. The Hall–Kier alpha value is -1.12. The summed E-state index contributed by atoms with van der Waals surface area (Å²) in [5, 5.41) is 3.12. The number of rotatable bonds is 3. The summed E-state index contributed by atoms with van der Waals surface area (Å²) in [5.41, 5.74) is 0. The van der Waals surface area contributed by atoms with E-state index in [0.29, 0.717) is 11.7 Å². The molecule has 2 unspecified atom stereocenters. The van der Waals surface area contributed by atoms with Gasteiger partial charge in [0.25, 0.3) is 0 Å². The van der Waals surface area contributed by atoms with Crippen molar-refractivity contribution in [1.82, 2.24) is 4.98 Å². The van der Waals surface area contributed by atoms with Gasteiger partial charge in [0.05, 0.1) is 0 Å². The van der Waals surface area contributed by atoms with E-state index in [-0.39, 0.29) is 5.82 Å². The van der Waals surface area contributed by atoms with Crippen molar-refractivity contribution in [2.24, 2.45) is 11.8 Å². The highest BCUT2D eigenvalue weighted by Crippen LogP contribution is 2.28. The Morgan fingerprint density at radius 1 is 1.50 bits per heavy atom. The van der Waals surface area contributed by atoms with Crippen LogP contribution >= 0.6 is 0 Å². The minimum Gasteiger partial charge on any atom is -0.367 e. The monoisotopic (exact) mass is 222 g/mol. The van der Waals surface area contributed by atoms with Crippen molar-refractivity contribution in [3.63, 3.8) is 0 Å². The van der Waals surface area contributed by atoms with Gasteiger partial charge in [-0.05, 0) is 36.8 Å². The number of hydrogen-bond donors (Lipinski definition) is 1. The fraction of sp³-hybridized carbons (Fsp3) is 0.615. The zero-order chi connectivity index (χ0) is 11.4. The van der Waals surface area contributed by atoms with E-state index in [0.717, 1.165) is 12.5 Å². The lowest BCUT2D eigenvalue weighted by atomic mass is 9.82. The Kier molecular flexibility index (Phi) is 3.75. The summed E-state index contributed by atoms with van der Waals surface area (Å²) < 4.78 is 13.3. The average molecular weight is 222 g/mol. The summed E-state index contributed by atoms with van der Waals surface area (Å²) in [4.78, 5) is 4.00. The van der Waals surface area contributed by atoms with Crippen molar-refractivity contribution >= 4 is 5.82 Å². The first-order chi connectivity index (χ1) is 7.75. The molecule has 2 rings (SSSR count). The van der Waals surface area contributed by atoms with E-state index in [1.165, 1.54) is 31.7 Å². The molecule has 2 nitrogen and oxygen atoms in total. The molecule has 88 valence electrons. The van der Waals surface area contributed by atoms with Gasteiger partial charge in [0, 0.05) is 12.7 Å². The van der Waals surface area contributed by atoms with Crippen LogP contribution in [0.2, 0.25) is 0 Å². The molecular formula is C13H19FN2. The molecule has 1 saturated carbocycles. The number of aromatic nitrogens is 1. The van der Waals surface area contributed by atoms with E-state index in [1.807, 2.05) is 0 Å². The predicted molar refractivity (Wildman–Crippen MR) is 63.8 cm³/mol. The fourth-order valence-electron chi connectivity index (χ4n) is 2.50. The van der Waals surface area contributed by atoms with E-state index in [2.05, 4.69) is 17.2 Å². The van der Waals surface area contributed by atoms with Crippen LogP contribution in [0.5, 0.6) is 0 Å². The van der Waals surface area contributed by atoms with Crippen LogP contribution in [-0.4, -0.2) is 11.5 Å². The lowest BCUT2D eigenvalue weighted by molar-refractivity contribution is 0.293. The maximum Gasteiger partial charge on any atom is 0.165 e. The highest BCUT2D eigenvalue weighted by Gasteiger charge is 2.18. The summed E-state index contributed by atoms with van der Waals surface area (Å²) in [6, 6.07) is 3.06. The quantitative estimate of drug-likeness (QED) is 0.847. The summed E-state index contributed by atoms with van der Waals surface area (Å²) >= 11 is 0. The smallest absolute Gasteiger partial charge is 0.165 e. The SMILES string of the molecule is CC1CCCC(CNc2ncccc2F)C1. The largest absolute Gasteiger partial charge is 0.367 e. The zero-order valence-corrected chi connectivity index (χ0v) is 9.75. The number of anilines is 1. The summed E-state index contributed by atoms with van der Waals surface area (Å²) in [6.45, 7) is 3.14. The molecule has 2 atom stereocenters. The first-order valence-corrected chi connectivity index (χ1v) is 6.10. The standard InChI is InChI=1S/C13H19FN2/c1-10-4-2-5-11(8-10)9-16-13-12(14)6-3-7-15-13/h3,6-7,10-11H,2,4-5,8-9H2,1H3,(H,15,16). The first-order valence-electron chi connectivity index (χ1n) is 6.10. The Morgan fingerprint density at radius 2 is 2.38 bits per heavy atom. The number of halogens is 1. The molecule has 16 heavy (non-hydrogen) atoms. The number of hydrogen-bond acceptors (Lipinski definition) is 2. The molecule has 1 aromatic heterocycles. The van der Waals surface area contributed by atoms with Gasteiger partial charge < -0.3 is 5.32 Å². The molecule has 1 aromatic rings. The number of nitrogens with one attached hydrogen (secondary N) is 1. The van der Waals surface area contributed by atoms with Crippen molar-refractivity contribution in [3.05, 3.63) is 24.1 Å². The molecule has 0 bridgehead atoms.